The molecule has 0 bridgehead atoms. The first-order valence-electron chi connectivity index (χ1n) is 6.16. The number of rotatable bonds is 8. The lowest BCUT2D eigenvalue weighted by molar-refractivity contribution is -0.139. The fourth-order valence-electron chi connectivity index (χ4n) is 1.46. The Kier molecular flexibility index (Phi) is 6.34. The highest BCUT2D eigenvalue weighted by atomic mass is 16.5. The second kappa shape index (κ2) is 8.06. The number of hydrogen-bond acceptors (Lipinski definition) is 5. The van der Waals surface area contributed by atoms with Crippen LogP contribution in [0.15, 0.2) is 10.9 Å². The summed E-state index contributed by atoms with van der Waals surface area (Å²) >= 11 is 0. The maximum absolute atomic E-state index is 11.5. The van der Waals surface area contributed by atoms with E-state index in [1.54, 1.807) is 0 Å². The normalized spacial score (nSPS) is 11.8. The molecule has 0 aromatic carbocycles. The molecule has 0 fully saturated rings. The van der Waals surface area contributed by atoms with Gasteiger partial charge in [0.1, 0.15) is 6.04 Å². The molecule has 19 heavy (non-hydrogen) atoms. The molecule has 0 aliphatic rings. The van der Waals surface area contributed by atoms with Gasteiger partial charge < -0.3 is 20.3 Å². The standard InChI is InChI=1S/C11H18N4O4/c1-2-3-4-8(10(16)17)15-11(18)12-6-5-9-13-7-14-19-9/h7-8H,2-6H2,1H3,(H,16,17)(H2,12,15,18). The van der Waals surface area contributed by atoms with Crippen molar-refractivity contribution in [2.45, 2.75) is 38.6 Å². The molecule has 0 aliphatic carbocycles. The number of aliphatic carboxylic acids is 1. The number of carboxylic acids is 1. The van der Waals surface area contributed by atoms with Gasteiger partial charge in [-0.25, -0.2) is 9.59 Å². The van der Waals surface area contributed by atoms with Gasteiger partial charge in [-0.05, 0) is 6.42 Å². The van der Waals surface area contributed by atoms with Gasteiger partial charge in [-0.3, -0.25) is 0 Å². The SMILES string of the molecule is CCCCC(NC(=O)NCCc1ncno1)C(=O)O. The molecule has 8 heteroatoms. The Labute approximate surface area is 110 Å². The van der Waals surface area contributed by atoms with Crippen molar-refractivity contribution in [3.05, 3.63) is 12.2 Å². The van der Waals surface area contributed by atoms with Crippen molar-refractivity contribution < 1.29 is 19.2 Å². The van der Waals surface area contributed by atoms with Crippen LogP contribution in [0.2, 0.25) is 0 Å². The van der Waals surface area contributed by atoms with Crippen molar-refractivity contribution in [2.75, 3.05) is 6.54 Å². The third-order valence-electron chi connectivity index (χ3n) is 2.48. The molecule has 0 aliphatic heterocycles. The number of aromatic nitrogens is 2. The Morgan fingerprint density at radius 1 is 1.53 bits per heavy atom. The van der Waals surface area contributed by atoms with Crippen LogP contribution in [-0.2, 0) is 11.2 Å². The number of carbonyl (C=O) groups is 2. The number of carboxylic acid groups (broad SMARTS) is 1. The van der Waals surface area contributed by atoms with Crippen LogP contribution in [0.3, 0.4) is 0 Å². The van der Waals surface area contributed by atoms with Crippen LogP contribution >= 0.6 is 0 Å². The Bertz CT molecular complexity index is 393. The van der Waals surface area contributed by atoms with Crippen molar-refractivity contribution in [3.63, 3.8) is 0 Å². The van der Waals surface area contributed by atoms with Gasteiger partial charge in [0.15, 0.2) is 6.33 Å². The van der Waals surface area contributed by atoms with Crippen LogP contribution in [0.5, 0.6) is 0 Å². The van der Waals surface area contributed by atoms with Crippen LogP contribution in [0.1, 0.15) is 32.1 Å². The van der Waals surface area contributed by atoms with Gasteiger partial charge in [-0.15, -0.1) is 0 Å². The molecule has 2 amide bonds. The van der Waals surface area contributed by atoms with E-state index in [1.807, 2.05) is 6.92 Å². The zero-order valence-corrected chi connectivity index (χ0v) is 10.8. The molecule has 0 saturated carbocycles. The van der Waals surface area contributed by atoms with Crippen LogP contribution < -0.4 is 10.6 Å². The van der Waals surface area contributed by atoms with Crippen molar-refractivity contribution >= 4 is 12.0 Å². The lowest BCUT2D eigenvalue weighted by Gasteiger charge is -2.14. The minimum atomic E-state index is -1.03. The van der Waals surface area contributed by atoms with Crippen molar-refractivity contribution in [2.24, 2.45) is 0 Å². The highest BCUT2D eigenvalue weighted by molar-refractivity contribution is 5.82. The van der Waals surface area contributed by atoms with Gasteiger partial charge in [0.05, 0.1) is 0 Å². The molecule has 1 aromatic rings. The van der Waals surface area contributed by atoms with Gasteiger partial charge >= 0.3 is 12.0 Å². The van der Waals surface area contributed by atoms with Crippen LogP contribution in [0.4, 0.5) is 4.79 Å². The molecule has 0 spiro atoms. The quantitative estimate of drug-likeness (QED) is 0.635. The minimum absolute atomic E-state index is 0.300. The zero-order valence-electron chi connectivity index (χ0n) is 10.8. The molecule has 0 saturated heterocycles. The maximum atomic E-state index is 11.5. The molecule has 1 aromatic heterocycles. The maximum Gasteiger partial charge on any atom is 0.326 e. The number of carbonyl (C=O) groups excluding carboxylic acids is 1. The first kappa shape index (κ1) is 14.9. The predicted octanol–water partition coefficient (Wildman–Crippen LogP) is 0.555. The Morgan fingerprint density at radius 3 is 2.89 bits per heavy atom. The smallest absolute Gasteiger partial charge is 0.326 e. The fourth-order valence-corrected chi connectivity index (χ4v) is 1.46. The summed E-state index contributed by atoms with van der Waals surface area (Å²) in [6.07, 6.45) is 3.73. The number of hydrogen-bond donors (Lipinski definition) is 3. The van der Waals surface area contributed by atoms with E-state index in [-0.39, 0.29) is 0 Å². The molecule has 1 rings (SSSR count). The van der Waals surface area contributed by atoms with Crippen LogP contribution in [0.25, 0.3) is 0 Å². The van der Waals surface area contributed by atoms with E-state index >= 15 is 0 Å². The van der Waals surface area contributed by atoms with Crippen LogP contribution in [-0.4, -0.2) is 39.8 Å². The second-order valence-corrected chi connectivity index (χ2v) is 4.02. The van der Waals surface area contributed by atoms with Crippen molar-refractivity contribution in [3.8, 4) is 0 Å². The average molecular weight is 270 g/mol. The molecular formula is C11H18N4O4. The lowest BCUT2D eigenvalue weighted by Crippen LogP contribution is -2.46. The van der Waals surface area contributed by atoms with Crippen molar-refractivity contribution in [1.82, 2.24) is 20.8 Å². The summed E-state index contributed by atoms with van der Waals surface area (Å²) < 4.78 is 4.76. The number of amides is 2. The van der Waals surface area contributed by atoms with Gasteiger partial charge in [-0.2, -0.15) is 4.98 Å². The van der Waals surface area contributed by atoms with E-state index in [9.17, 15) is 9.59 Å². The molecule has 3 N–H and O–H groups in total. The van der Waals surface area contributed by atoms with Gasteiger partial charge in [0.25, 0.3) is 0 Å². The Balaban J connectivity index is 2.25. The minimum Gasteiger partial charge on any atom is -0.480 e. The number of unbranched alkanes of at least 4 members (excludes halogenated alkanes) is 1. The van der Waals surface area contributed by atoms with E-state index in [4.69, 9.17) is 9.63 Å². The average Bonchev–Trinajstić information content (AvgIpc) is 2.87. The van der Waals surface area contributed by atoms with Crippen LogP contribution in [0, 0.1) is 0 Å². The number of nitrogens with one attached hydrogen (secondary N) is 2. The third kappa shape index (κ3) is 5.84. The second-order valence-electron chi connectivity index (χ2n) is 4.02. The summed E-state index contributed by atoms with van der Waals surface area (Å²) in [6.45, 7) is 2.26. The molecule has 8 nitrogen and oxygen atoms in total. The van der Waals surface area contributed by atoms with E-state index in [0.717, 1.165) is 12.8 Å². The summed E-state index contributed by atoms with van der Waals surface area (Å²) in [7, 11) is 0. The monoisotopic (exact) mass is 270 g/mol. The lowest BCUT2D eigenvalue weighted by atomic mass is 10.1. The van der Waals surface area contributed by atoms with E-state index in [1.165, 1.54) is 6.33 Å². The topological polar surface area (TPSA) is 117 Å². The van der Waals surface area contributed by atoms with E-state index in [2.05, 4.69) is 20.8 Å². The number of nitrogens with zero attached hydrogens (tertiary/aromatic N) is 2. The molecule has 106 valence electrons. The van der Waals surface area contributed by atoms with Gasteiger partial charge in [0, 0.05) is 13.0 Å². The Morgan fingerprint density at radius 2 is 2.32 bits per heavy atom. The van der Waals surface area contributed by atoms with Gasteiger partial charge in [-0.1, -0.05) is 24.9 Å². The highest BCUT2D eigenvalue weighted by Crippen LogP contribution is 2.00. The summed E-state index contributed by atoms with van der Waals surface area (Å²) in [5, 5.41) is 17.3. The summed E-state index contributed by atoms with van der Waals surface area (Å²) in [4.78, 5) is 26.2. The van der Waals surface area contributed by atoms with Gasteiger partial charge in [0.2, 0.25) is 5.89 Å². The molecule has 1 heterocycles. The Hall–Kier alpha value is -2.12. The van der Waals surface area contributed by atoms with E-state index < -0.39 is 18.0 Å². The highest BCUT2D eigenvalue weighted by Gasteiger charge is 2.18. The fraction of sp³-hybridized carbons (Fsp3) is 0.636. The largest absolute Gasteiger partial charge is 0.480 e. The summed E-state index contributed by atoms with van der Waals surface area (Å²) in [5.41, 5.74) is 0. The molecule has 0 radical (unpaired) electrons. The van der Waals surface area contributed by atoms with E-state index in [0.29, 0.717) is 25.3 Å². The zero-order chi connectivity index (χ0) is 14.1. The molecule has 1 unspecified atom stereocenters. The summed E-state index contributed by atoms with van der Waals surface area (Å²) in [6, 6.07) is -1.37. The summed E-state index contributed by atoms with van der Waals surface area (Å²) in [5.74, 6) is -0.610. The molecule has 1 atom stereocenters. The molecular weight excluding hydrogens is 252 g/mol. The third-order valence-corrected chi connectivity index (χ3v) is 2.48. The number of urea groups is 1. The predicted molar refractivity (Wildman–Crippen MR) is 65.5 cm³/mol. The first-order chi connectivity index (χ1) is 9.13. The van der Waals surface area contributed by atoms with Crippen molar-refractivity contribution in [1.29, 1.82) is 0 Å². The first-order valence-corrected chi connectivity index (χ1v) is 6.16.